The third-order valence-electron chi connectivity index (χ3n) is 4.86. The number of hydrogen-bond acceptors (Lipinski definition) is 3. The van der Waals surface area contributed by atoms with E-state index in [1.807, 2.05) is 0 Å². The third-order valence-corrected chi connectivity index (χ3v) is 4.86. The van der Waals surface area contributed by atoms with Crippen LogP contribution in [-0.4, -0.2) is 29.3 Å². The first kappa shape index (κ1) is 22.4. The molecule has 11 heteroatoms. The first-order chi connectivity index (χ1) is 14.4. The molecule has 3 rings (SSSR count). The number of carbonyl (C=O) groups is 2. The van der Waals surface area contributed by atoms with Crippen molar-refractivity contribution in [1.82, 2.24) is 10.2 Å². The maximum atomic E-state index is 13.2. The summed E-state index contributed by atoms with van der Waals surface area (Å²) in [4.78, 5) is 25.8. The molecule has 1 atom stereocenters. The Kier molecular flexibility index (Phi) is 5.88. The molecule has 1 aliphatic heterocycles. The highest BCUT2D eigenvalue weighted by atomic mass is 19.4. The van der Waals surface area contributed by atoms with E-state index in [9.17, 15) is 35.9 Å². The number of amides is 2. The van der Waals surface area contributed by atoms with Crippen molar-refractivity contribution in [3.63, 3.8) is 0 Å². The van der Waals surface area contributed by atoms with Gasteiger partial charge in [-0.25, -0.2) is 0 Å². The van der Waals surface area contributed by atoms with Crippen molar-refractivity contribution in [2.75, 3.05) is 12.3 Å². The van der Waals surface area contributed by atoms with E-state index in [4.69, 9.17) is 5.73 Å². The number of carbonyl (C=O) groups excluding carboxylic acids is 2. The van der Waals surface area contributed by atoms with Gasteiger partial charge in [0.25, 0.3) is 5.91 Å². The van der Waals surface area contributed by atoms with Gasteiger partial charge >= 0.3 is 12.4 Å². The minimum Gasteiger partial charge on any atom is -0.398 e. The summed E-state index contributed by atoms with van der Waals surface area (Å²) in [5.74, 6) is -1.39. The quantitative estimate of drug-likeness (QED) is 0.555. The number of alkyl halides is 6. The van der Waals surface area contributed by atoms with E-state index in [0.29, 0.717) is 6.07 Å². The molecular formula is C20H17F6N3O2. The van der Waals surface area contributed by atoms with Crippen LogP contribution in [0.15, 0.2) is 42.5 Å². The molecule has 1 unspecified atom stereocenters. The van der Waals surface area contributed by atoms with Gasteiger partial charge in [-0.1, -0.05) is 18.2 Å². The van der Waals surface area contributed by atoms with Crippen LogP contribution in [-0.2, 0) is 23.7 Å². The van der Waals surface area contributed by atoms with Crippen LogP contribution < -0.4 is 11.1 Å². The van der Waals surface area contributed by atoms with Crippen molar-refractivity contribution in [2.24, 2.45) is 0 Å². The number of nitrogen functional groups attached to an aromatic ring is 1. The van der Waals surface area contributed by atoms with Crippen LogP contribution in [0.4, 0.5) is 32.0 Å². The van der Waals surface area contributed by atoms with Crippen molar-refractivity contribution >= 4 is 17.5 Å². The lowest BCUT2D eigenvalue weighted by atomic mass is 10.1. The summed E-state index contributed by atoms with van der Waals surface area (Å²) in [6.07, 6.45) is -9.46. The predicted octanol–water partition coefficient (Wildman–Crippen LogP) is 3.84. The fourth-order valence-corrected chi connectivity index (χ4v) is 3.35. The largest absolute Gasteiger partial charge is 0.416 e. The zero-order chi connectivity index (χ0) is 23.0. The molecule has 3 N–H and O–H groups in total. The normalized spacial score (nSPS) is 17.2. The molecule has 1 fully saturated rings. The first-order valence-corrected chi connectivity index (χ1v) is 9.06. The van der Waals surface area contributed by atoms with Crippen molar-refractivity contribution in [1.29, 1.82) is 0 Å². The van der Waals surface area contributed by atoms with Crippen molar-refractivity contribution in [3.05, 3.63) is 64.7 Å². The van der Waals surface area contributed by atoms with Crippen molar-refractivity contribution in [3.8, 4) is 0 Å². The smallest absolute Gasteiger partial charge is 0.398 e. The Bertz CT molecular complexity index is 1000. The Hall–Kier alpha value is -3.24. The lowest BCUT2D eigenvalue weighted by molar-refractivity contribution is -0.139. The number of nitrogens with two attached hydrogens (primary N) is 1. The standard InChI is InChI=1S/C20H17F6N3O2/c21-19(22,23)12-5-6-16(27)14(7-12)18(31)28-13-8-17(30)29(10-13)9-11-3-1-2-4-15(11)20(24,25)26/h1-7,13H,8-10,27H2,(H,28,31). The van der Waals surface area contributed by atoms with Crippen molar-refractivity contribution < 1.29 is 35.9 Å². The summed E-state index contributed by atoms with van der Waals surface area (Å²) in [6.45, 7) is -0.401. The van der Waals surface area contributed by atoms with Gasteiger partial charge in [-0.15, -0.1) is 0 Å². The number of hydrogen-bond donors (Lipinski definition) is 2. The fourth-order valence-electron chi connectivity index (χ4n) is 3.35. The zero-order valence-electron chi connectivity index (χ0n) is 15.8. The van der Waals surface area contributed by atoms with E-state index in [2.05, 4.69) is 5.32 Å². The first-order valence-electron chi connectivity index (χ1n) is 9.06. The lowest BCUT2D eigenvalue weighted by Gasteiger charge is -2.20. The highest BCUT2D eigenvalue weighted by Crippen LogP contribution is 2.33. The van der Waals surface area contributed by atoms with E-state index < -0.39 is 46.9 Å². The summed E-state index contributed by atoms with van der Waals surface area (Å²) in [5.41, 5.74) is 3.01. The van der Waals surface area contributed by atoms with Crippen LogP contribution in [0.5, 0.6) is 0 Å². The molecule has 31 heavy (non-hydrogen) atoms. The number of halogens is 6. The maximum Gasteiger partial charge on any atom is 0.416 e. The second-order valence-electron chi connectivity index (χ2n) is 7.10. The molecule has 2 amide bonds. The number of nitrogens with zero attached hydrogens (tertiary/aromatic N) is 1. The third kappa shape index (κ3) is 5.09. The molecule has 0 bridgehead atoms. The number of benzene rings is 2. The van der Waals surface area contributed by atoms with Crippen LogP contribution in [0, 0.1) is 0 Å². The molecular weight excluding hydrogens is 428 g/mol. The van der Waals surface area contributed by atoms with Gasteiger partial charge in [-0.2, -0.15) is 26.3 Å². The number of likely N-dealkylation sites (tertiary alicyclic amines) is 1. The van der Waals surface area contributed by atoms with Crippen LogP contribution in [0.3, 0.4) is 0 Å². The van der Waals surface area contributed by atoms with Crippen LogP contribution in [0.25, 0.3) is 0 Å². The van der Waals surface area contributed by atoms with Gasteiger partial charge in [0.15, 0.2) is 0 Å². The Morgan fingerprint density at radius 3 is 2.39 bits per heavy atom. The Balaban J connectivity index is 1.72. The van der Waals surface area contributed by atoms with Crippen LogP contribution in [0.1, 0.15) is 33.5 Å². The minimum atomic E-state index is -4.67. The number of rotatable bonds is 4. The van der Waals surface area contributed by atoms with Crippen LogP contribution >= 0.6 is 0 Å². The van der Waals surface area contributed by atoms with E-state index in [-0.39, 0.29) is 30.8 Å². The topological polar surface area (TPSA) is 75.4 Å². The molecule has 1 saturated heterocycles. The molecule has 0 aromatic heterocycles. The molecule has 0 spiro atoms. The molecule has 1 aliphatic rings. The SMILES string of the molecule is Nc1ccc(C(F)(F)F)cc1C(=O)NC1CC(=O)N(Cc2ccccc2C(F)(F)F)C1. The molecule has 0 saturated carbocycles. The van der Waals surface area contributed by atoms with Gasteiger partial charge in [-0.05, 0) is 29.8 Å². The van der Waals surface area contributed by atoms with E-state index >= 15 is 0 Å². The summed E-state index contributed by atoms with van der Waals surface area (Å²) in [7, 11) is 0. The van der Waals surface area contributed by atoms with E-state index in [0.717, 1.165) is 23.1 Å². The molecule has 0 aliphatic carbocycles. The van der Waals surface area contributed by atoms with Gasteiger partial charge in [-0.3, -0.25) is 9.59 Å². The summed E-state index contributed by atoms with van der Waals surface area (Å²) in [6, 6.07) is 6.34. The number of anilines is 1. The Morgan fingerprint density at radius 2 is 1.74 bits per heavy atom. The molecule has 1 heterocycles. The van der Waals surface area contributed by atoms with E-state index in [1.54, 1.807) is 0 Å². The average molecular weight is 445 g/mol. The monoisotopic (exact) mass is 445 g/mol. The maximum absolute atomic E-state index is 13.2. The second kappa shape index (κ2) is 8.12. The molecule has 5 nitrogen and oxygen atoms in total. The van der Waals surface area contributed by atoms with Crippen molar-refractivity contribution in [2.45, 2.75) is 31.4 Å². The van der Waals surface area contributed by atoms with Gasteiger partial charge < -0.3 is 16.0 Å². The summed E-state index contributed by atoms with van der Waals surface area (Å²) >= 11 is 0. The van der Waals surface area contributed by atoms with E-state index in [1.165, 1.54) is 18.2 Å². The fraction of sp³-hybridized carbons (Fsp3) is 0.300. The average Bonchev–Trinajstić information content (AvgIpc) is 2.99. The Morgan fingerprint density at radius 1 is 1.06 bits per heavy atom. The minimum absolute atomic E-state index is 0.0877. The van der Waals surface area contributed by atoms with Crippen LogP contribution in [0.2, 0.25) is 0 Å². The second-order valence-corrected chi connectivity index (χ2v) is 7.10. The highest BCUT2D eigenvalue weighted by molar-refractivity contribution is 6.00. The zero-order valence-corrected chi connectivity index (χ0v) is 15.8. The predicted molar refractivity (Wildman–Crippen MR) is 98.6 cm³/mol. The van der Waals surface area contributed by atoms with Gasteiger partial charge in [0.1, 0.15) is 0 Å². The lowest BCUT2D eigenvalue weighted by Crippen LogP contribution is -2.37. The summed E-state index contributed by atoms with van der Waals surface area (Å²) < 4.78 is 78.1. The van der Waals surface area contributed by atoms with Gasteiger partial charge in [0, 0.05) is 25.2 Å². The van der Waals surface area contributed by atoms with Gasteiger partial charge in [0.05, 0.1) is 22.7 Å². The molecule has 2 aromatic rings. The Labute approximate surface area is 172 Å². The molecule has 0 radical (unpaired) electrons. The molecule has 2 aromatic carbocycles. The summed E-state index contributed by atoms with van der Waals surface area (Å²) in [5, 5.41) is 2.43. The van der Waals surface area contributed by atoms with Gasteiger partial charge in [0.2, 0.25) is 5.91 Å². The highest BCUT2D eigenvalue weighted by Gasteiger charge is 2.36. The molecule has 166 valence electrons. The number of nitrogens with one attached hydrogen (secondary N) is 1.